The highest BCUT2D eigenvalue weighted by Gasteiger charge is 2.12. The lowest BCUT2D eigenvalue weighted by molar-refractivity contribution is -0.385. The monoisotopic (exact) mass is 348 g/mol. The molecule has 0 aliphatic carbocycles. The van der Waals surface area contributed by atoms with Crippen LogP contribution >= 0.6 is 0 Å². The Morgan fingerprint density at radius 3 is 1.93 bits per heavy atom. The van der Waals surface area contributed by atoms with Crippen LogP contribution in [0.2, 0.25) is 0 Å². The highest BCUT2D eigenvalue weighted by Crippen LogP contribution is 2.19. The third-order valence-electron chi connectivity index (χ3n) is 3.67. The van der Waals surface area contributed by atoms with E-state index in [4.69, 9.17) is 5.26 Å². The third-order valence-corrected chi connectivity index (χ3v) is 3.67. The van der Waals surface area contributed by atoms with Crippen LogP contribution in [0.4, 0.5) is 5.69 Å². The lowest BCUT2D eigenvalue weighted by Gasteiger charge is -1.97. The molecular weight excluding hydrogens is 336 g/mol. The van der Waals surface area contributed by atoms with E-state index in [1.54, 1.807) is 36.4 Å². The van der Waals surface area contributed by atoms with Gasteiger partial charge in [0.1, 0.15) is 5.56 Å². The molecule has 3 rings (SSSR count). The lowest BCUT2D eigenvalue weighted by Crippen LogP contribution is -1.93. The van der Waals surface area contributed by atoms with Crippen molar-refractivity contribution in [3.8, 4) is 29.8 Å². The van der Waals surface area contributed by atoms with Gasteiger partial charge in [-0.2, -0.15) is 5.26 Å². The van der Waals surface area contributed by atoms with Gasteiger partial charge >= 0.3 is 0 Å². The number of nitro groups is 1. The maximum atomic E-state index is 11.4. The van der Waals surface area contributed by atoms with Gasteiger partial charge in [-0.1, -0.05) is 41.9 Å². The summed E-state index contributed by atoms with van der Waals surface area (Å²) in [5, 5.41) is 20.2. The summed E-state index contributed by atoms with van der Waals surface area (Å²) in [6.07, 6.45) is 0. The van der Waals surface area contributed by atoms with Gasteiger partial charge in [0.2, 0.25) is 0 Å². The molecule has 3 aromatic carbocycles. The molecule has 0 aliphatic heterocycles. The van der Waals surface area contributed by atoms with Gasteiger partial charge in [-0.15, -0.1) is 0 Å². The molecule has 0 saturated heterocycles. The number of hydrogen-bond donors (Lipinski definition) is 0. The summed E-state index contributed by atoms with van der Waals surface area (Å²) in [7, 11) is 0. The first-order valence-corrected chi connectivity index (χ1v) is 8.03. The molecule has 0 atom stereocenters. The fourth-order valence-corrected chi connectivity index (χ4v) is 2.30. The Hall–Kier alpha value is -4.33. The Morgan fingerprint density at radius 1 is 0.704 bits per heavy atom. The number of hydrogen-bond acceptors (Lipinski definition) is 3. The number of nitrogens with zero attached hydrogens (tertiary/aromatic N) is 2. The van der Waals surface area contributed by atoms with Gasteiger partial charge in [0.05, 0.1) is 16.6 Å². The number of nitro benzene ring substituents is 1. The summed E-state index contributed by atoms with van der Waals surface area (Å²) in [5.41, 5.74) is 2.85. The molecule has 0 aliphatic rings. The van der Waals surface area contributed by atoms with E-state index in [9.17, 15) is 10.1 Å². The molecule has 27 heavy (non-hydrogen) atoms. The SMILES string of the molecule is N#Cc1ccc(C#Cc2ccc(C#Cc3ccccc3)c([N+](=O)[O-])c2)cc1. The fourth-order valence-electron chi connectivity index (χ4n) is 2.30. The van der Waals surface area contributed by atoms with Gasteiger partial charge in [0, 0.05) is 22.8 Å². The Kier molecular flexibility index (Phi) is 5.29. The summed E-state index contributed by atoms with van der Waals surface area (Å²) in [6.45, 7) is 0. The molecule has 4 heteroatoms. The lowest BCUT2D eigenvalue weighted by atomic mass is 10.1. The molecule has 0 unspecified atom stereocenters. The van der Waals surface area contributed by atoms with Crippen molar-refractivity contribution in [2.45, 2.75) is 0 Å². The molecule has 0 amide bonds. The van der Waals surface area contributed by atoms with E-state index in [0.29, 0.717) is 16.7 Å². The zero-order valence-electron chi connectivity index (χ0n) is 14.1. The van der Waals surface area contributed by atoms with Crippen LogP contribution in [0.15, 0.2) is 72.8 Å². The predicted octanol–water partition coefficient (Wildman–Crippen LogP) is 4.27. The smallest absolute Gasteiger partial charge is 0.258 e. The zero-order valence-corrected chi connectivity index (χ0v) is 14.1. The Bertz CT molecular complexity index is 1150. The second kappa shape index (κ2) is 8.17. The van der Waals surface area contributed by atoms with Crippen molar-refractivity contribution in [1.82, 2.24) is 0 Å². The van der Waals surface area contributed by atoms with E-state index in [0.717, 1.165) is 11.1 Å². The summed E-state index contributed by atoms with van der Waals surface area (Å²) >= 11 is 0. The minimum absolute atomic E-state index is 0.0786. The van der Waals surface area contributed by atoms with Crippen molar-refractivity contribution in [2.24, 2.45) is 0 Å². The summed E-state index contributed by atoms with van der Waals surface area (Å²) in [5.74, 6) is 11.6. The minimum Gasteiger partial charge on any atom is -0.258 e. The van der Waals surface area contributed by atoms with E-state index in [-0.39, 0.29) is 5.69 Å². The normalized spacial score (nSPS) is 9.15. The average molecular weight is 348 g/mol. The molecule has 0 fully saturated rings. The van der Waals surface area contributed by atoms with E-state index in [2.05, 4.69) is 23.7 Å². The van der Waals surface area contributed by atoms with E-state index >= 15 is 0 Å². The van der Waals surface area contributed by atoms with Crippen molar-refractivity contribution in [3.63, 3.8) is 0 Å². The van der Waals surface area contributed by atoms with Crippen LogP contribution in [0, 0.1) is 45.1 Å². The van der Waals surface area contributed by atoms with E-state index in [1.807, 2.05) is 36.4 Å². The van der Waals surface area contributed by atoms with Gasteiger partial charge in [0.25, 0.3) is 5.69 Å². The molecule has 0 bridgehead atoms. The van der Waals surface area contributed by atoms with Crippen molar-refractivity contribution >= 4 is 5.69 Å². The number of benzene rings is 3. The predicted molar refractivity (Wildman–Crippen MR) is 103 cm³/mol. The van der Waals surface area contributed by atoms with Gasteiger partial charge in [-0.05, 0) is 48.5 Å². The van der Waals surface area contributed by atoms with Crippen molar-refractivity contribution < 1.29 is 4.92 Å². The van der Waals surface area contributed by atoms with Gasteiger partial charge < -0.3 is 0 Å². The van der Waals surface area contributed by atoms with Crippen molar-refractivity contribution in [3.05, 3.63) is 111 Å². The Balaban J connectivity index is 1.90. The standard InChI is InChI=1S/C23H12N2O2/c24-17-21-10-7-19(8-11-21)6-9-20-13-15-22(23(16-20)25(26)27)14-12-18-4-2-1-3-5-18/h1-5,7-8,10-11,13,15-16H. The Morgan fingerprint density at radius 2 is 1.26 bits per heavy atom. The van der Waals surface area contributed by atoms with Gasteiger partial charge in [0.15, 0.2) is 0 Å². The first-order chi connectivity index (χ1) is 13.2. The molecule has 0 radical (unpaired) electrons. The third kappa shape index (κ3) is 4.60. The first-order valence-electron chi connectivity index (χ1n) is 8.03. The fraction of sp³-hybridized carbons (Fsp3) is 0. The first kappa shape index (κ1) is 17.5. The summed E-state index contributed by atoms with van der Waals surface area (Å²) in [4.78, 5) is 10.9. The van der Waals surface area contributed by atoms with Crippen LogP contribution in [-0.2, 0) is 0 Å². The molecule has 0 heterocycles. The zero-order chi connectivity index (χ0) is 19.1. The molecule has 4 nitrogen and oxygen atoms in total. The summed E-state index contributed by atoms with van der Waals surface area (Å²) in [6, 6.07) is 22.9. The van der Waals surface area contributed by atoms with Crippen LogP contribution in [-0.4, -0.2) is 4.92 Å². The van der Waals surface area contributed by atoms with Crippen LogP contribution in [0.5, 0.6) is 0 Å². The van der Waals surface area contributed by atoms with Crippen LogP contribution in [0.3, 0.4) is 0 Å². The molecule has 126 valence electrons. The van der Waals surface area contributed by atoms with Gasteiger partial charge in [-0.3, -0.25) is 10.1 Å². The van der Waals surface area contributed by atoms with Crippen LogP contribution in [0.1, 0.15) is 27.8 Å². The van der Waals surface area contributed by atoms with Crippen molar-refractivity contribution in [2.75, 3.05) is 0 Å². The van der Waals surface area contributed by atoms with Crippen LogP contribution in [0.25, 0.3) is 0 Å². The topological polar surface area (TPSA) is 66.9 Å². The second-order valence-electron chi connectivity index (χ2n) is 5.54. The molecule has 0 saturated carbocycles. The second-order valence-corrected chi connectivity index (χ2v) is 5.54. The highest BCUT2D eigenvalue weighted by atomic mass is 16.6. The highest BCUT2D eigenvalue weighted by molar-refractivity contribution is 5.58. The maximum Gasteiger partial charge on any atom is 0.286 e. The molecule has 0 aromatic heterocycles. The molecule has 0 spiro atoms. The van der Waals surface area contributed by atoms with Gasteiger partial charge in [-0.25, -0.2) is 0 Å². The van der Waals surface area contributed by atoms with Crippen LogP contribution < -0.4 is 0 Å². The quantitative estimate of drug-likeness (QED) is 0.375. The van der Waals surface area contributed by atoms with Crippen molar-refractivity contribution in [1.29, 1.82) is 5.26 Å². The molecular formula is C23H12N2O2. The maximum absolute atomic E-state index is 11.4. The average Bonchev–Trinajstić information content (AvgIpc) is 2.72. The molecule has 0 N–H and O–H groups in total. The largest absolute Gasteiger partial charge is 0.286 e. The minimum atomic E-state index is -0.456. The number of nitriles is 1. The summed E-state index contributed by atoms with van der Waals surface area (Å²) < 4.78 is 0. The van der Waals surface area contributed by atoms with E-state index in [1.165, 1.54) is 6.07 Å². The van der Waals surface area contributed by atoms with E-state index < -0.39 is 4.92 Å². The Labute approximate surface area is 156 Å². The molecule has 3 aromatic rings. The number of rotatable bonds is 1.